The van der Waals surface area contributed by atoms with Crippen molar-refractivity contribution in [2.24, 2.45) is 11.8 Å². The van der Waals surface area contributed by atoms with Crippen LogP contribution in [0.4, 0.5) is 0 Å². The first-order valence-corrected chi connectivity index (χ1v) is 8.76. The predicted molar refractivity (Wildman–Crippen MR) is 86.6 cm³/mol. The van der Waals surface area contributed by atoms with Crippen LogP contribution < -0.4 is 0 Å². The van der Waals surface area contributed by atoms with Crippen LogP contribution >= 0.6 is 0 Å². The SMILES string of the molecule is CC(=O)OCC1=C2CCC3[C@H](O)C[C@H](OC(C)=O)[C@@](C)(O)[C@@H]3[C@H]2OC1=O. The Balaban J connectivity index is 1.93. The molecule has 3 aliphatic rings. The lowest BCUT2D eigenvalue weighted by Crippen LogP contribution is -2.63. The second kappa shape index (κ2) is 6.66. The van der Waals surface area contributed by atoms with Crippen molar-refractivity contribution in [3.8, 4) is 0 Å². The van der Waals surface area contributed by atoms with Crippen LogP contribution in [0.15, 0.2) is 11.1 Å². The Bertz CT molecular complexity index is 664. The third kappa shape index (κ3) is 3.12. The normalized spacial score (nSPS) is 39.0. The molecule has 1 heterocycles. The summed E-state index contributed by atoms with van der Waals surface area (Å²) in [6, 6.07) is 0. The van der Waals surface area contributed by atoms with Gasteiger partial charge < -0.3 is 24.4 Å². The van der Waals surface area contributed by atoms with Gasteiger partial charge in [-0.05, 0) is 31.3 Å². The van der Waals surface area contributed by atoms with E-state index in [1.54, 1.807) is 6.92 Å². The Hall–Kier alpha value is -1.93. The zero-order chi connectivity index (χ0) is 19.2. The highest BCUT2D eigenvalue weighted by atomic mass is 16.6. The Morgan fingerprint density at radius 1 is 1.31 bits per heavy atom. The molecule has 2 aliphatic carbocycles. The van der Waals surface area contributed by atoms with E-state index in [0.717, 1.165) is 0 Å². The molecule has 0 aromatic rings. The third-order valence-electron chi connectivity index (χ3n) is 5.75. The van der Waals surface area contributed by atoms with Gasteiger partial charge in [-0.15, -0.1) is 0 Å². The first kappa shape index (κ1) is 18.8. The molecule has 1 aliphatic heterocycles. The van der Waals surface area contributed by atoms with Gasteiger partial charge in [0.05, 0.1) is 11.7 Å². The molecule has 0 aromatic heterocycles. The summed E-state index contributed by atoms with van der Waals surface area (Å²) in [6.07, 6.45) is -1.20. The van der Waals surface area contributed by atoms with Crippen molar-refractivity contribution >= 4 is 17.9 Å². The summed E-state index contributed by atoms with van der Waals surface area (Å²) in [6.45, 7) is 3.87. The van der Waals surface area contributed by atoms with Crippen LogP contribution in [0.25, 0.3) is 0 Å². The van der Waals surface area contributed by atoms with Crippen LogP contribution in [-0.4, -0.2) is 58.6 Å². The molecule has 3 rings (SSSR count). The van der Waals surface area contributed by atoms with Crippen molar-refractivity contribution < 1.29 is 38.8 Å². The molecule has 0 saturated heterocycles. The molecule has 2 N–H and O–H groups in total. The van der Waals surface area contributed by atoms with E-state index >= 15 is 0 Å². The third-order valence-corrected chi connectivity index (χ3v) is 5.75. The topological polar surface area (TPSA) is 119 Å². The Labute approximate surface area is 151 Å². The summed E-state index contributed by atoms with van der Waals surface area (Å²) < 4.78 is 15.7. The molecule has 144 valence electrons. The lowest BCUT2D eigenvalue weighted by Gasteiger charge is -2.52. The van der Waals surface area contributed by atoms with Crippen LogP contribution in [0.5, 0.6) is 0 Å². The summed E-state index contributed by atoms with van der Waals surface area (Å²) in [7, 11) is 0. The molecular weight excluding hydrogens is 344 g/mol. The van der Waals surface area contributed by atoms with Crippen LogP contribution in [0.2, 0.25) is 0 Å². The highest BCUT2D eigenvalue weighted by molar-refractivity contribution is 5.93. The molecule has 0 spiro atoms. The fraction of sp³-hybridized carbons (Fsp3) is 0.722. The number of esters is 3. The Kier molecular flexibility index (Phi) is 4.83. The molecule has 2 fully saturated rings. The average molecular weight is 368 g/mol. The summed E-state index contributed by atoms with van der Waals surface area (Å²) in [5, 5.41) is 21.7. The second-order valence-corrected chi connectivity index (χ2v) is 7.47. The lowest BCUT2D eigenvalue weighted by atomic mass is 9.59. The maximum absolute atomic E-state index is 12.3. The molecule has 0 radical (unpaired) electrons. The predicted octanol–water partition coefficient (Wildman–Crippen LogP) is 0.245. The summed E-state index contributed by atoms with van der Waals surface area (Å²) in [4.78, 5) is 34.7. The van der Waals surface area contributed by atoms with Gasteiger partial charge in [0.25, 0.3) is 0 Å². The van der Waals surface area contributed by atoms with Gasteiger partial charge >= 0.3 is 17.9 Å². The van der Waals surface area contributed by atoms with Crippen molar-refractivity contribution in [3.63, 3.8) is 0 Å². The number of aliphatic hydroxyl groups is 2. The van der Waals surface area contributed by atoms with Crippen LogP contribution in [0, 0.1) is 11.8 Å². The minimum Gasteiger partial charge on any atom is -0.461 e. The molecule has 8 heteroatoms. The van der Waals surface area contributed by atoms with Gasteiger partial charge in [-0.25, -0.2) is 4.79 Å². The number of fused-ring (bicyclic) bond motifs is 3. The first-order chi connectivity index (χ1) is 12.1. The van der Waals surface area contributed by atoms with Gasteiger partial charge in [-0.3, -0.25) is 9.59 Å². The highest BCUT2D eigenvalue weighted by Crippen LogP contribution is 2.52. The van der Waals surface area contributed by atoms with E-state index in [1.165, 1.54) is 13.8 Å². The van der Waals surface area contributed by atoms with Crippen molar-refractivity contribution in [1.29, 1.82) is 0 Å². The maximum atomic E-state index is 12.3. The summed E-state index contributed by atoms with van der Waals surface area (Å²) in [5.41, 5.74) is -0.486. The van der Waals surface area contributed by atoms with Gasteiger partial charge in [0.2, 0.25) is 0 Å². The van der Waals surface area contributed by atoms with E-state index in [-0.39, 0.29) is 18.9 Å². The van der Waals surface area contributed by atoms with Gasteiger partial charge in [0.15, 0.2) is 0 Å². The standard InChI is InChI=1S/C18H24O8/c1-8(19)24-7-12-10-4-5-11-13(21)6-14(25-9(2)20)18(3,23)15(11)16(10)26-17(12)22/h11,13-16,21,23H,4-7H2,1-3H3/t11?,13-,14+,15+,16+,18-/m1/s1. The van der Waals surface area contributed by atoms with Gasteiger partial charge in [-0.1, -0.05) is 0 Å². The highest BCUT2D eigenvalue weighted by Gasteiger charge is 2.60. The molecule has 0 bridgehead atoms. The second-order valence-electron chi connectivity index (χ2n) is 7.47. The molecule has 8 nitrogen and oxygen atoms in total. The zero-order valence-electron chi connectivity index (χ0n) is 15.1. The molecule has 1 unspecified atom stereocenters. The van der Waals surface area contributed by atoms with Gasteiger partial charge in [-0.2, -0.15) is 0 Å². The number of aliphatic hydroxyl groups excluding tert-OH is 1. The number of carbonyl (C=O) groups is 3. The number of rotatable bonds is 3. The van der Waals surface area contributed by atoms with Gasteiger partial charge in [0.1, 0.15) is 24.4 Å². The molecule has 0 aromatic carbocycles. The van der Waals surface area contributed by atoms with Crippen LogP contribution in [0.3, 0.4) is 0 Å². The summed E-state index contributed by atoms with van der Waals surface area (Å²) in [5.74, 6) is -2.53. The quantitative estimate of drug-likeness (QED) is 0.537. The lowest BCUT2D eigenvalue weighted by molar-refractivity contribution is -0.219. The van der Waals surface area contributed by atoms with Crippen LogP contribution in [0.1, 0.15) is 40.0 Å². The van der Waals surface area contributed by atoms with E-state index in [4.69, 9.17) is 14.2 Å². The minimum absolute atomic E-state index is 0.133. The smallest absolute Gasteiger partial charge is 0.338 e. The van der Waals surface area contributed by atoms with E-state index in [2.05, 4.69) is 0 Å². The molecule has 26 heavy (non-hydrogen) atoms. The van der Waals surface area contributed by atoms with Crippen molar-refractivity contribution in [1.82, 2.24) is 0 Å². The fourth-order valence-corrected chi connectivity index (χ4v) is 4.58. The minimum atomic E-state index is -1.47. The van der Waals surface area contributed by atoms with E-state index in [1.807, 2.05) is 0 Å². The molecule has 0 amide bonds. The number of ether oxygens (including phenoxy) is 3. The molecule has 2 saturated carbocycles. The monoisotopic (exact) mass is 368 g/mol. The van der Waals surface area contributed by atoms with Crippen LogP contribution in [-0.2, 0) is 28.6 Å². The fourth-order valence-electron chi connectivity index (χ4n) is 4.58. The largest absolute Gasteiger partial charge is 0.461 e. The van der Waals surface area contributed by atoms with Gasteiger partial charge in [0, 0.05) is 26.2 Å². The van der Waals surface area contributed by atoms with Crippen molar-refractivity contribution in [2.75, 3.05) is 6.61 Å². The Morgan fingerprint density at radius 2 is 2.00 bits per heavy atom. The zero-order valence-corrected chi connectivity index (χ0v) is 15.1. The van der Waals surface area contributed by atoms with Crippen molar-refractivity contribution in [2.45, 2.75) is 63.9 Å². The van der Waals surface area contributed by atoms with E-state index < -0.39 is 47.7 Å². The Morgan fingerprint density at radius 3 is 2.62 bits per heavy atom. The molecular formula is C18H24O8. The van der Waals surface area contributed by atoms with Crippen molar-refractivity contribution in [3.05, 3.63) is 11.1 Å². The number of hydrogen-bond acceptors (Lipinski definition) is 8. The first-order valence-electron chi connectivity index (χ1n) is 8.76. The number of hydrogen-bond donors (Lipinski definition) is 2. The average Bonchev–Trinajstić information content (AvgIpc) is 2.84. The van der Waals surface area contributed by atoms with E-state index in [0.29, 0.717) is 24.0 Å². The maximum Gasteiger partial charge on any atom is 0.338 e. The molecule has 6 atom stereocenters. The van der Waals surface area contributed by atoms with E-state index in [9.17, 15) is 24.6 Å². The summed E-state index contributed by atoms with van der Waals surface area (Å²) >= 11 is 0. The number of carbonyl (C=O) groups excluding carboxylic acids is 3.